The highest BCUT2D eigenvalue weighted by Gasteiger charge is 2.25. The lowest BCUT2D eigenvalue weighted by Gasteiger charge is -2.20. The number of nitrogens with zero attached hydrogens (tertiary/aromatic N) is 1. The summed E-state index contributed by atoms with van der Waals surface area (Å²) in [6, 6.07) is 14.9. The second-order valence-corrected chi connectivity index (χ2v) is 6.86. The largest absolute Gasteiger partial charge is 0.424 e. The molecule has 2 aromatic rings. The third-order valence-electron chi connectivity index (χ3n) is 3.52. The van der Waals surface area contributed by atoms with E-state index in [9.17, 15) is 0 Å². The number of hydrogen-bond donors (Lipinski definition) is 0. The number of hydrogen-bond acceptors (Lipinski definition) is 3. The summed E-state index contributed by atoms with van der Waals surface area (Å²) in [6.45, 7) is 7.20. The fourth-order valence-corrected chi connectivity index (χ4v) is 4.34. The van der Waals surface area contributed by atoms with Gasteiger partial charge >= 0.3 is 9.28 Å². The maximum absolute atomic E-state index is 9.14. The van der Waals surface area contributed by atoms with Crippen LogP contribution in [0.3, 0.4) is 0 Å². The molecule has 3 nitrogen and oxygen atoms in total. The first-order valence-electron chi connectivity index (χ1n) is 7.74. The van der Waals surface area contributed by atoms with E-state index in [4.69, 9.17) is 14.1 Å². The topological polar surface area (TPSA) is 42.2 Å². The quantitative estimate of drug-likeness (QED) is 0.737. The van der Waals surface area contributed by atoms with Gasteiger partial charge in [-0.3, -0.25) is 0 Å². The molecule has 22 heavy (non-hydrogen) atoms. The summed E-state index contributed by atoms with van der Waals surface area (Å²) in [7, 11) is -1.54. The molecular formula is C18H22NO2Si. The van der Waals surface area contributed by atoms with Crippen LogP contribution in [-0.2, 0) is 15.3 Å². The van der Waals surface area contributed by atoms with Gasteiger partial charge in [0.05, 0.1) is 6.07 Å². The zero-order valence-electron chi connectivity index (χ0n) is 13.4. The van der Waals surface area contributed by atoms with Crippen LogP contribution in [0.25, 0.3) is 10.8 Å². The van der Waals surface area contributed by atoms with Gasteiger partial charge < -0.3 is 8.85 Å². The first-order valence-corrected chi connectivity index (χ1v) is 9.06. The highest BCUT2D eigenvalue weighted by molar-refractivity contribution is 6.65. The van der Waals surface area contributed by atoms with Crippen LogP contribution in [0.2, 0.25) is 0 Å². The minimum absolute atomic E-state index is 0.0218. The van der Waals surface area contributed by atoms with E-state index in [0.29, 0.717) is 13.2 Å². The van der Waals surface area contributed by atoms with Gasteiger partial charge in [-0.1, -0.05) is 36.4 Å². The summed E-state index contributed by atoms with van der Waals surface area (Å²) in [6.07, 6.45) is 0.727. The molecule has 0 amide bonds. The molecule has 1 radical (unpaired) electrons. The lowest BCUT2D eigenvalue weighted by Crippen LogP contribution is -2.40. The second kappa shape index (κ2) is 8.09. The first-order chi connectivity index (χ1) is 10.7. The van der Waals surface area contributed by atoms with Crippen LogP contribution < -0.4 is 5.19 Å². The van der Waals surface area contributed by atoms with Gasteiger partial charge in [0.15, 0.2) is 0 Å². The summed E-state index contributed by atoms with van der Waals surface area (Å²) >= 11 is 0. The molecule has 115 valence electrons. The van der Waals surface area contributed by atoms with Crippen LogP contribution in [0.1, 0.15) is 26.3 Å². The first kappa shape index (κ1) is 16.7. The zero-order chi connectivity index (χ0) is 15.9. The molecule has 2 rings (SSSR count). The number of nitriles is 1. The van der Waals surface area contributed by atoms with Crippen molar-refractivity contribution in [3.05, 3.63) is 42.0 Å². The zero-order valence-corrected chi connectivity index (χ0v) is 14.4. The van der Waals surface area contributed by atoms with Crippen molar-refractivity contribution in [2.45, 2.75) is 27.2 Å². The molecule has 0 saturated carbocycles. The summed E-state index contributed by atoms with van der Waals surface area (Å²) in [5, 5.41) is 12.7. The Bertz CT molecular complexity index is 660. The molecule has 0 bridgehead atoms. The standard InChI is InChI=1S/C18H22NO2Si/c1-4-20-22(21-5-2)18-16(12-14(3)13-19)11-10-15-8-6-7-9-17(15)18/h6-11,14H,4-5,12H2,1-3H3. The highest BCUT2D eigenvalue weighted by Crippen LogP contribution is 2.18. The minimum atomic E-state index is -1.54. The van der Waals surface area contributed by atoms with E-state index in [1.165, 1.54) is 16.3 Å². The summed E-state index contributed by atoms with van der Waals surface area (Å²) in [4.78, 5) is 0. The van der Waals surface area contributed by atoms with E-state index in [0.717, 1.165) is 11.6 Å². The average Bonchev–Trinajstić information content (AvgIpc) is 2.54. The Hall–Kier alpha value is -1.67. The monoisotopic (exact) mass is 312 g/mol. The molecule has 0 N–H and O–H groups in total. The average molecular weight is 312 g/mol. The van der Waals surface area contributed by atoms with Gasteiger partial charge in [0, 0.05) is 24.3 Å². The Morgan fingerprint density at radius 3 is 2.41 bits per heavy atom. The lowest BCUT2D eigenvalue weighted by atomic mass is 9.99. The smallest absolute Gasteiger partial charge is 0.390 e. The molecule has 1 atom stereocenters. The van der Waals surface area contributed by atoms with Crippen molar-refractivity contribution in [1.82, 2.24) is 0 Å². The van der Waals surface area contributed by atoms with Crippen molar-refractivity contribution in [3.63, 3.8) is 0 Å². The van der Waals surface area contributed by atoms with Crippen molar-refractivity contribution in [2.24, 2.45) is 5.92 Å². The van der Waals surface area contributed by atoms with Crippen LogP contribution >= 0.6 is 0 Å². The number of fused-ring (bicyclic) bond motifs is 1. The predicted octanol–water partition coefficient (Wildman–Crippen LogP) is 3.31. The molecule has 2 aromatic carbocycles. The van der Waals surface area contributed by atoms with Crippen LogP contribution in [0.15, 0.2) is 36.4 Å². The van der Waals surface area contributed by atoms with Gasteiger partial charge in [0.25, 0.3) is 0 Å². The Kier molecular flexibility index (Phi) is 6.14. The van der Waals surface area contributed by atoms with E-state index in [-0.39, 0.29) is 5.92 Å². The molecule has 0 aliphatic heterocycles. The Morgan fingerprint density at radius 2 is 1.77 bits per heavy atom. The molecule has 0 aromatic heterocycles. The van der Waals surface area contributed by atoms with Crippen molar-refractivity contribution in [3.8, 4) is 6.07 Å². The molecule has 0 saturated heterocycles. The van der Waals surface area contributed by atoms with Crippen molar-refractivity contribution in [2.75, 3.05) is 13.2 Å². The number of rotatable bonds is 7. The van der Waals surface area contributed by atoms with Crippen LogP contribution in [0, 0.1) is 17.2 Å². The molecule has 0 aliphatic rings. The highest BCUT2D eigenvalue weighted by atomic mass is 28.3. The summed E-state index contributed by atoms with van der Waals surface area (Å²) < 4.78 is 11.9. The van der Waals surface area contributed by atoms with Gasteiger partial charge in [-0.15, -0.1) is 0 Å². The maximum atomic E-state index is 9.14. The van der Waals surface area contributed by atoms with Crippen molar-refractivity contribution >= 4 is 25.2 Å². The SMILES string of the molecule is CCO[Si](OCC)c1c(CC(C)C#N)ccc2ccccc12. The summed E-state index contributed by atoms with van der Waals surface area (Å²) in [5.74, 6) is -0.0218. The van der Waals surface area contributed by atoms with Crippen LogP contribution in [-0.4, -0.2) is 22.5 Å². The lowest BCUT2D eigenvalue weighted by molar-refractivity contribution is 0.225. The van der Waals surface area contributed by atoms with E-state index < -0.39 is 9.28 Å². The Morgan fingerprint density at radius 1 is 1.09 bits per heavy atom. The molecule has 0 fully saturated rings. The van der Waals surface area contributed by atoms with Crippen molar-refractivity contribution in [1.29, 1.82) is 5.26 Å². The Labute approximate surface area is 134 Å². The maximum Gasteiger partial charge on any atom is 0.424 e. The van der Waals surface area contributed by atoms with E-state index in [1.54, 1.807) is 0 Å². The Balaban J connectivity index is 2.58. The fourth-order valence-electron chi connectivity index (χ4n) is 2.55. The van der Waals surface area contributed by atoms with Crippen LogP contribution in [0.5, 0.6) is 0 Å². The number of benzene rings is 2. The predicted molar refractivity (Wildman–Crippen MR) is 91.1 cm³/mol. The van der Waals surface area contributed by atoms with Crippen molar-refractivity contribution < 1.29 is 8.85 Å². The molecule has 0 aliphatic carbocycles. The van der Waals surface area contributed by atoms with E-state index >= 15 is 0 Å². The molecule has 0 heterocycles. The van der Waals surface area contributed by atoms with Gasteiger partial charge in [0.2, 0.25) is 0 Å². The fraction of sp³-hybridized carbons (Fsp3) is 0.389. The molecule has 1 unspecified atom stereocenters. The van der Waals surface area contributed by atoms with E-state index in [1.807, 2.05) is 32.9 Å². The molecule has 4 heteroatoms. The van der Waals surface area contributed by atoms with Crippen LogP contribution in [0.4, 0.5) is 0 Å². The molecular weight excluding hydrogens is 290 g/mol. The third kappa shape index (κ3) is 3.75. The third-order valence-corrected chi connectivity index (χ3v) is 5.62. The second-order valence-electron chi connectivity index (χ2n) is 5.21. The van der Waals surface area contributed by atoms with Gasteiger partial charge in [-0.25, -0.2) is 0 Å². The van der Waals surface area contributed by atoms with E-state index in [2.05, 4.69) is 30.3 Å². The van der Waals surface area contributed by atoms with Gasteiger partial charge in [-0.05, 0) is 43.5 Å². The molecule has 0 spiro atoms. The summed E-state index contributed by atoms with van der Waals surface area (Å²) in [5.41, 5.74) is 1.17. The van der Waals surface area contributed by atoms with Gasteiger partial charge in [-0.2, -0.15) is 5.26 Å². The van der Waals surface area contributed by atoms with Gasteiger partial charge in [0.1, 0.15) is 0 Å². The normalized spacial score (nSPS) is 12.5. The minimum Gasteiger partial charge on any atom is -0.390 e.